The van der Waals surface area contributed by atoms with E-state index in [9.17, 15) is 0 Å². The van der Waals surface area contributed by atoms with Crippen LogP contribution in [0.3, 0.4) is 0 Å². The Hall–Kier alpha value is -0.130. The molecule has 1 aliphatic rings. The van der Waals surface area contributed by atoms with Crippen molar-refractivity contribution >= 4 is 22.6 Å². The van der Waals surface area contributed by atoms with Gasteiger partial charge in [-0.3, -0.25) is 0 Å². The summed E-state index contributed by atoms with van der Waals surface area (Å²) in [7, 11) is 0. The zero-order valence-corrected chi connectivity index (χ0v) is 10.1. The normalized spacial score (nSPS) is 26.7. The van der Waals surface area contributed by atoms with Gasteiger partial charge in [-0.05, 0) is 47.1 Å². The topological polar surface area (TPSA) is 32.3 Å². The van der Waals surface area contributed by atoms with E-state index in [1.807, 2.05) is 0 Å². The second-order valence-corrected chi connectivity index (χ2v) is 4.86. The minimum Gasteiger partial charge on any atom is -0.395 e. The summed E-state index contributed by atoms with van der Waals surface area (Å²) in [5.41, 5.74) is 1.36. The average molecular weight is 303 g/mol. The van der Waals surface area contributed by atoms with Crippen LogP contribution in [0.15, 0.2) is 24.3 Å². The second kappa shape index (κ2) is 4.59. The molecule has 1 aromatic rings. The molecule has 1 aromatic carbocycles. The van der Waals surface area contributed by atoms with E-state index >= 15 is 0 Å². The maximum absolute atomic E-state index is 9.04. The molecular formula is C11H14INO. The molecule has 1 aliphatic heterocycles. The predicted octanol–water partition coefficient (Wildman–Crippen LogP) is 2.08. The number of aliphatic hydroxyl groups is 1. The Kier molecular flexibility index (Phi) is 3.41. The van der Waals surface area contributed by atoms with Gasteiger partial charge >= 0.3 is 0 Å². The number of hydrogen-bond donors (Lipinski definition) is 2. The first-order chi connectivity index (χ1) is 6.81. The third-order valence-corrected chi connectivity index (χ3v) is 3.72. The smallest absolute Gasteiger partial charge is 0.0584 e. The Morgan fingerprint density at radius 1 is 1.36 bits per heavy atom. The Morgan fingerprint density at radius 3 is 2.79 bits per heavy atom. The lowest BCUT2D eigenvalue weighted by Crippen LogP contribution is -2.27. The van der Waals surface area contributed by atoms with Gasteiger partial charge in [0.15, 0.2) is 0 Å². The third-order valence-electron chi connectivity index (χ3n) is 2.74. The lowest BCUT2D eigenvalue weighted by Gasteiger charge is -2.14. The molecule has 1 heterocycles. The molecule has 0 spiro atoms. The standard InChI is InChI=1S/C11H14INO/c12-10-4-2-1-3-9(10)11-6-5-8(7-14)13-11/h1-4,8,11,13-14H,5-7H2/t8-,11+/m0/s1. The van der Waals surface area contributed by atoms with E-state index in [0.29, 0.717) is 6.04 Å². The van der Waals surface area contributed by atoms with Gasteiger partial charge in [-0.1, -0.05) is 18.2 Å². The van der Waals surface area contributed by atoms with Gasteiger partial charge in [0.25, 0.3) is 0 Å². The molecule has 3 heteroatoms. The van der Waals surface area contributed by atoms with Gasteiger partial charge < -0.3 is 10.4 Å². The number of benzene rings is 1. The minimum absolute atomic E-state index is 0.250. The van der Waals surface area contributed by atoms with Crippen LogP contribution in [0.1, 0.15) is 24.4 Å². The van der Waals surface area contributed by atoms with Gasteiger partial charge in [0.1, 0.15) is 0 Å². The molecule has 76 valence electrons. The van der Waals surface area contributed by atoms with E-state index in [4.69, 9.17) is 5.11 Å². The molecule has 0 amide bonds. The molecule has 0 aromatic heterocycles. The van der Waals surface area contributed by atoms with Crippen LogP contribution in [-0.2, 0) is 0 Å². The van der Waals surface area contributed by atoms with Crippen molar-refractivity contribution in [3.63, 3.8) is 0 Å². The van der Waals surface area contributed by atoms with E-state index in [-0.39, 0.29) is 12.6 Å². The van der Waals surface area contributed by atoms with Gasteiger partial charge in [-0.15, -0.1) is 0 Å². The number of nitrogens with one attached hydrogen (secondary N) is 1. The maximum atomic E-state index is 9.04. The summed E-state index contributed by atoms with van der Waals surface area (Å²) in [6.07, 6.45) is 2.21. The fourth-order valence-corrected chi connectivity index (χ4v) is 2.73. The first kappa shape index (κ1) is 10.4. The molecule has 2 N–H and O–H groups in total. The van der Waals surface area contributed by atoms with Crippen LogP contribution < -0.4 is 5.32 Å². The highest BCUT2D eigenvalue weighted by atomic mass is 127. The highest BCUT2D eigenvalue weighted by Crippen LogP contribution is 2.29. The van der Waals surface area contributed by atoms with Crippen LogP contribution in [0.5, 0.6) is 0 Å². The Labute approximate surface area is 97.9 Å². The molecule has 14 heavy (non-hydrogen) atoms. The lowest BCUT2D eigenvalue weighted by molar-refractivity contribution is 0.251. The molecule has 0 saturated carbocycles. The van der Waals surface area contributed by atoms with Crippen molar-refractivity contribution in [3.8, 4) is 0 Å². The van der Waals surface area contributed by atoms with Crippen molar-refractivity contribution in [3.05, 3.63) is 33.4 Å². The fourth-order valence-electron chi connectivity index (χ4n) is 1.97. The average Bonchev–Trinajstić information content (AvgIpc) is 2.67. The molecule has 0 bridgehead atoms. The molecule has 1 saturated heterocycles. The van der Waals surface area contributed by atoms with Crippen LogP contribution in [0.25, 0.3) is 0 Å². The fraction of sp³-hybridized carbons (Fsp3) is 0.455. The molecule has 0 unspecified atom stereocenters. The summed E-state index contributed by atoms with van der Waals surface area (Å²) in [6.45, 7) is 0.250. The molecule has 2 atom stereocenters. The van der Waals surface area contributed by atoms with Crippen LogP contribution in [0.2, 0.25) is 0 Å². The number of halogens is 1. The summed E-state index contributed by atoms with van der Waals surface area (Å²) in [5, 5.41) is 12.5. The molecule has 0 radical (unpaired) electrons. The first-order valence-corrected chi connectivity index (χ1v) is 6.00. The number of aliphatic hydroxyl groups excluding tert-OH is 1. The Balaban J connectivity index is 2.13. The highest BCUT2D eigenvalue weighted by molar-refractivity contribution is 14.1. The zero-order chi connectivity index (χ0) is 9.97. The van der Waals surface area contributed by atoms with Crippen LogP contribution in [-0.4, -0.2) is 17.8 Å². The van der Waals surface area contributed by atoms with E-state index in [1.165, 1.54) is 9.13 Å². The van der Waals surface area contributed by atoms with Crippen molar-refractivity contribution in [2.75, 3.05) is 6.61 Å². The Morgan fingerprint density at radius 2 is 2.14 bits per heavy atom. The molecule has 0 aliphatic carbocycles. The summed E-state index contributed by atoms with van der Waals surface area (Å²) >= 11 is 2.37. The van der Waals surface area contributed by atoms with Crippen molar-refractivity contribution in [1.29, 1.82) is 0 Å². The van der Waals surface area contributed by atoms with Gasteiger partial charge in [0.2, 0.25) is 0 Å². The number of rotatable bonds is 2. The third kappa shape index (κ3) is 2.10. The second-order valence-electron chi connectivity index (χ2n) is 3.70. The van der Waals surface area contributed by atoms with E-state index < -0.39 is 0 Å². The SMILES string of the molecule is OC[C@@H]1CC[C@H](c2ccccc2I)N1. The molecule has 2 rings (SSSR count). The van der Waals surface area contributed by atoms with E-state index in [0.717, 1.165) is 12.8 Å². The Bertz CT molecular complexity index is 316. The molecule has 1 fully saturated rings. The summed E-state index contributed by atoms with van der Waals surface area (Å²) in [5.74, 6) is 0. The summed E-state index contributed by atoms with van der Waals surface area (Å²) in [4.78, 5) is 0. The van der Waals surface area contributed by atoms with Crippen LogP contribution in [0, 0.1) is 3.57 Å². The van der Waals surface area contributed by atoms with Gasteiger partial charge in [0.05, 0.1) is 6.61 Å². The van der Waals surface area contributed by atoms with Crippen molar-refractivity contribution in [2.45, 2.75) is 24.9 Å². The molecular weight excluding hydrogens is 289 g/mol. The van der Waals surface area contributed by atoms with Gasteiger partial charge in [-0.25, -0.2) is 0 Å². The lowest BCUT2D eigenvalue weighted by atomic mass is 10.1. The monoisotopic (exact) mass is 303 g/mol. The maximum Gasteiger partial charge on any atom is 0.0584 e. The van der Waals surface area contributed by atoms with Crippen LogP contribution >= 0.6 is 22.6 Å². The number of hydrogen-bond acceptors (Lipinski definition) is 2. The van der Waals surface area contributed by atoms with Gasteiger partial charge in [-0.2, -0.15) is 0 Å². The summed E-state index contributed by atoms with van der Waals surface area (Å²) in [6, 6.07) is 9.15. The highest BCUT2D eigenvalue weighted by Gasteiger charge is 2.24. The van der Waals surface area contributed by atoms with Crippen molar-refractivity contribution in [2.24, 2.45) is 0 Å². The van der Waals surface area contributed by atoms with E-state index in [2.05, 4.69) is 52.2 Å². The van der Waals surface area contributed by atoms with Gasteiger partial charge in [0, 0.05) is 15.7 Å². The van der Waals surface area contributed by atoms with Crippen molar-refractivity contribution < 1.29 is 5.11 Å². The quantitative estimate of drug-likeness (QED) is 0.820. The van der Waals surface area contributed by atoms with E-state index in [1.54, 1.807) is 0 Å². The largest absolute Gasteiger partial charge is 0.395 e. The van der Waals surface area contributed by atoms with Crippen LogP contribution in [0.4, 0.5) is 0 Å². The molecule has 2 nitrogen and oxygen atoms in total. The predicted molar refractivity (Wildman–Crippen MR) is 65.1 cm³/mol. The minimum atomic E-state index is 0.250. The summed E-state index contributed by atoms with van der Waals surface area (Å²) < 4.78 is 1.31. The first-order valence-electron chi connectivity index (χ1n) is 4.92. The zero-order valence-electron chi connectivity index (χ0n) is 7.91. The van der Waals surface area contributed by atoms with Crippen molar-refractivity contribution in [1.82, 2.24) is 5.32 Å².